The van der Waals surface area contributed by atoms with Crippen molar-refractivity contribution < 1.29 is 9.59 Å². The Labute approximate surface area is 170 Å². The van der Waals surface area contributed by atoms with Gasteiger partial charge in [0.15, 0.2) is 0 Å². The molecule has 6 heteroatoms. The zero-order valence-electron chi connectivity index (χ0n) is 15.8. The summed E-state index contributed by atoms with van der Waals surface area (Å²) < 4.78 is 0. The number of nitrogens with one attached hydrogen (secondary N) is 2. The van der Waals surface area contributed by atoms with E-state index in [-0.39, 0.29) is 11.8 Å². The highest BCUT2D eigenvalue weighted by Gasteiger charge is 2.19. The number of carbonyl (C=O) groups is 2. The van der Waals surface area contributed by atoms with Crippen LogP contribution in [-0.2, 0) is 28.9 Å². The summed E-state index contributed by atoms with van der Waals surface area (Å²) in [6.07, 6.45) is 5.08. The first kappa shape index (κ1) is 18.8. The van der Waals surface area contributed by atoms with E-state index in [0.717, 1.165) is 30.6 Å². The second-order valence-corrected chi connectivity index (χ2v) is 7.88. The van der Waals surface area contributed by atoms with Gasteiger partial charge < -0.3 is 15.5 Å². The van der Waals surface area contributed by atoms with Crippen LogP contribution in [0.4, 0.5) is 11.4 Å². The van der Waals surface area contributed by atoms with Crippen LogP contribution in [0.15, 0.2) is 36.4 Å². The van der Waals surface area contributed by atoms with E-state index in [4.69, 9.17) is 11.6 Å². The van der Waals surface area contributed by atoms with Crippen molar-refractivity contribution in [3.8, 4) is 0 Å². The van der Waals surface area contributed by atoms with Crippen LogP contribution < -0.4 is 15.5 Å². The predicted octanol–water partition coefficient (Wildman–Crippen LogP) is 3.34. The van der Waals surface area contributed by atoms with Crippen LogP contribution >= 0.6 is 11.6 Å². The number of nitrogens with zero attached hydrogens (tertiary/aromatic N) is 1. The minimum atomic E-state index is -0.0584. The molecule has 0 unspecified atom stereocenters. The number of aryl methyl sites for hydroxylation is 2. The van der Waals surface area contributed by atoms with E-state index in [1.807, 2.05) is 17.0 Å². The van der Waals surface area contributed by atoms with Crippen LogP contribution in [0.25, 0.3) is 0 Å². The molecule has 5 nitrogen and oxygen atoms in total. The Morgan fingerprint density at radius 2 is 1.93 bits per heavy atom. The maximum absolute atomic E-state index is 12.5. The number of fused-ring (bicyclic) bond motifs is 1. The van der Waals surface area contributed by atoms with Gasteiger partial charge in [-0.2, -0.15) is 0 Å². The van der Waals surface area contributed by atoms with Gasteiger partial charge in [0.2, 0.25) is 11.8 Å². The van der Waals surface area contributed by atoms with E-state index in [9.17, 15) is 9.59 Å². The SMILES string of the molecule is O=C1CN(c2ccc(NC(=O)Cc3ccc4c(c3)CCCC4)cc2Cl)CCN1. The summed E-state index contributed by atoms with van der Waals surface area (Å²) in [6.45, 7) is 1.62. The Bertz CT molecular complexity index is 913. The largest absolute Gasteiger partial charge is 0.359 e. The molecule has 28 heavy (non-hydrogen) atoms. The third kappa shape index (κ3) is 4.30. The van der Waals surface area contributed by atoms with Gasteiger partial charge in [0, 0.05) is 18.8 Å². The molecule has 146 valence electrons. The fraction of sp³-hybridized carbons (Fsp3) is 0.364. The van der Waals surface area contributed by atoms with Gasteiger partial charge in [-0.15, -0.1) is 0 Å². The summed E-state index contributed by atoms with van der Waals surface area (Å²) in [5.41, 5.74) is 5.32. The van der Waals surface area contributed by atoms with E-state index in [1.54, 1.807) is 6.07 Å². The van der Waals surface area contributed by atoms with Crippen molar-refractivity contribution in [3.05, 3.63) is 58.1 Å². The van der Waals surface area contributed by atoms with Gasteiger partial charge in [0.05, 0.1) is 23.7 Å². The van der Waals surface area contributed by atoms with Gasteiger partial charge in [-0.3, -0.25) is 9.59 Å². The zero-order valence-corrected chi connectivity index (χ0v) is 16.5. The van der Waals surface area contributed by atoms with Crippen molar-refractivity contribution in [2.75, 3.05) is 29.9 Å². The normalized spacial score (nSPS) is 16.3. The van der Waals surface area contributed by atoms with Crippen LogP contribution in [0, 0.1) is 0 Å². The highest BCUT2D eigenvalue weighted by molar-refractivity contribution is 6.33. The van der Waals surface area contributed by atoms with Crippen LogP contribution in [0.1, 0.15) is 29.5 Å². The molecule has 2 aliphatic rings. The lowest BCUT2D eigenvalue weighted by atomic mass is 9.90. The van der Waals surface area contributed by atoms with Gasteiger partial charge in [-0.25, -0.2) is 0 Å². The van der Waals surface area contributed by atoms with E-state index in [0.29, 0.717) is 30.2 Å². The van der Waals surface area contributed by atoms with Crippen molar-refractivity contribution >= 4 is 34.8 Å². The summed E-state index contributed by atoms with van der Waals surface area (Å²) >= 11 is 6.41. The molecule has 0 spiro atoms. The maximum atomic E-state index is 12.5. The fourth-order valence-corrected chi connectivity index (χ4v) is 4.27. The number of anilines is 2. The summed E-state index contributed by atoms with van der Waals surface area (Å²) in [7, 11) is 0. The third-order valence-electron chi connectivity index (χ3n) is 5.39. The molecule has 0 bridgehead atoms. The molecule has 1 aliphatic heterocycles. The van der Waals surface area contributed by atoms with Crippen LogP contribution in [0.3, 0.4) is 0 Å². The Balaban J connectivity index is 1.40. The number of carbonyl (C=O) groups excluding carboxylic acids is 2. The smallest absolute Gasteiger partial charge is 0.239 e. The zero-order chi connectivity index (χ0) is 19.5. The molecule has 1 heterocycles. The molecule has 1 saturated heterocycles. The number of hydrogen-bond donors (Lipinski definition) is 2. The third-order valence-corrected chi connectivity index (χ3v) is 5.69. The average Bonchev–Trinajstić information content (AvgIpc) is 2.68. The molecule has 0 atom stereocenters. The molecule has 2 aromatic rings. The van der Waals surface area contributed by atoms with E-state index in [2.05, 4.69) is 28.8 Å². The molecular weight excluding hydrogens is 374 g/mol. The quantitative estimate of drug-likeness (QED) is 0.831. The molecule has 2 amide bonds. The minimum absolute atomic E-state index is 0.00949. The summed E-state index contributed by atoms with van der Waals surface area (Å²) in [5, 5.41) is 6.26. The number of halogens is 1. The monoisotopic (exact) mass is 397 g/mol. The number of rotatable bonds is 4. The molecule has 0 radical (unpaired) electrons. The summed E-state index contributed by atoms with van der Waals surface area (Å²) in [5.74, 6) is -0.0679. The molecule has 2 aromatic carbocycles. The average molecular weight is 398 g/mol. The summed E-state index contributed by atoms with van der Waals surface area (Å²) in [6, 6.07) is 11.8. The molecule has 0 aromatic heterocycles. The van der Waals surface area contributed by atoms with Crippen molar-refractivity contribution in [1.82, 2.24) is 5.32 Å². The van der Waals surface area contributed by atoms with Crippen molar-refractivity contribution in [1.29, 1.82) is 0 Å². The highest BCUT2D eigenvalue weighted by Crippen LogP contribution is 2.29. The topological polar surface area (TPSA) is 61.4 Å². The second kappa shape index (κ2) is 8.23. The highest BCUT2D eigenvalue weighted by atomic mass is 35.5. The van der Waals surface area contributed by atoms with Crippen molar-refractivity contribution in [3.63, 3.8) is 0 Å². The van der Waals surface area contributed by atoms with Gasteiger partial charge in [0.1, 0.15) is 0 Å². The van der Waals surface area contributed by atoms with Gasteiger partial charge >= 0.3 is 0 Å². The second-order valence-electron chi connectivity index (χ2n) is 7.47. The molecule has 2 N–H and O–H groups in total. The molecule has 0 saturated carbocycles. The van der Waals surface area contributed by atoms with Gasteiger partial charge in [0.25, 0.3) is 0 Å². The van der Waals surface area contributed by atoms with Gasteiger partial charge in [-0.05, 0) is 60.6 Å². The first-order valence-corrected chi connectivity index (χ1v) is 10.2. The maximum Gasteiger partial charge on any atom is 0.239 e. The standard InChI is InChI=1S/C22H24ClN3O2/c23-19-13-18(7-8-20(19)26-10-9-24-22(28)14-26)25-21(27)12-15-5-6-16-3-1-2-4-17(16)11-15/h5-8,11,13H,1-4,9-10,12,14H2,(H,24,28)(H,25,27). The van der Waals surface area contributed by atoms with Crippen molar-refractivity contribution in [2.45, 2.75) is 32.1 Å². The number of benzene rings is 2. The van der Waals surface area contributed by atoms with E-state index in [1.165, 1.54) is 24.0 Å². The summed E-state index contributed by atoms with van der Waals surface area (Å²) in [4.78, 5) is 26.0. The van der Waals surface area contributed by atoms with Crippen LogP contribution in [-0.4, -0.2) is 31.4 Å². The Hall–Kier alpha value is -2.53. The van der Waals surface area contributed by atoms with Gasteiger partial charge in [-0.1, -0.05) is 29.8 Å². The van der Waals surface area contributed by atoms with E-state index >= 15 is 0 Å². The molecular formula is C22H24ClN3O2. The molecule has 4 rings (SSSR count). The lowest BCUT2D eigenvalue weighted by Gasteiger charge is -2.29. The van der Waals surface area contributed by atoms with Crippen LogP contribution in [0.5, 0.6) is 0 Å². The van der Waals surface area contributed by atoms with Crippen molar-refractivity contribution in [2.24, 2.45) is 0 Å². The fourth-order valence-electron chi connectivity index (χ4n) is 3.97. The first-order chi connectivity index (χ1) is 13.6. The number of piperazine rings is 1. The molecule has 1 fully saturated rings. The lowest BCUT2D eigenvalue weighted by Crippen LogP contribution is -2.47. The number of hydrogen-bond acceptors (Lipinski definition) is 3. The first-order valence-electron chi connectivity index (χ1n) is 9.80. The molecule has 1 aliphatic carbocycles. The number of amides is 2. The Morgan fingerprint density at radius 1 is 1.11 bits per heavy atom. The Kier molecular flexibility index (Phi) is 5.53. The lowest BCUT2D eigenvalue weighted by molar-refractivity contribution is -0.120. The Morgan fingerprint density at radius 3 is 2.71 bits per heavy atom. The van der Waals surface area contributed by atoms with Crippen LogP contribution in [0.2, 0.25) is 5.02 Å². The van der Waals surface area contributed by atoms with E-state index < -0.39 is 0 Å². The predicted molar refractivity (Wildman–Crippen MR) is 112 cm³/mol. The minimum Gasteiger partial charge on any atom is -0.359 e.